The van der Waals surface area contributed by atoms with Crippen LogP contribution in [0.1, 0.15) is 26.3 Å². The zero-order chi connectivity index (χ0) is 12.1. The summed E-state index contributed by atoms with van der Waals surface area (Å²) >= 11 is 6.27. The first-order valence-electron chi connectivity index (χ1n) is 5.81. The van der Waals surface area contributed by atoms with Crippen LogP contribution in [-0.4, -0.2) is 13.1 Å². The van der Waals surface area contributed by atoms with E-state index in [-0.39, 0.29) is 0 Å². The van der Waals surface area contributed by atoms with Gasteiger partial charge >= 0.3 is 0 Å². The lowest BCUT2D eigenvalue weighted by Crippen LogP contribution is -2.27. The number of hydrogen-bond acceptors (Lipinski definition) is 2. The van der Waals surface area contributed by atoms with E-state index in [0.29, 0.717) is 12.5 Å². The minimum absolute atomic E-state index is 0.538. The van der Waals surface area contributed by atoms with Gasteiger partial charge in [-0.25, -0.2) is 0 Å². The van der Waals surface area contributed by atoms with Crippen LogP contribution in [0.5, 0.6) is 0 Å². The van der Waals surface area contributed by atoms with Crippen LogP contribution in [0.3, 0.4) is 0 Å². The van der Waals surface area contributed by atoms with Crippen LogP contribution in [0.25, 0.3) is 0 Å². The first kappa shape index (κ1) is 13.3. The molecule has 0 saturated heterocycles. The van der Waals surface area contributed by atoms with Crippen LogP contribution in [0.4, 0.5) is 5.69 Å². The van der Waals surface area contributed by atoms with E-state index in [1.165, 1.54) is 0 Å². The van der Waals surface area contributed by atoms with Gasteiger partial charge in [0.1, 0.15) is 0 Å². The highest BCUT2D eigenvalue weighted by Crippen LogP contribution is 2.27. The fourth-order valence-electron chi connectivity index (χ4n) is 1.77. The summed E-state index contributed by atoms with van der Waals surface area (Å²) in [4.78, 5) is 2.30. The average molecular weight is 241 g/mol. The molecule has 0 aliphatic heterocycles. The van der Waals surface area contributed by atoms with E-state index in [1.807, 2.05) is 12.1 Å². The zero-order valence-corrected chi connectivity index (χ0v) is 11.1. The van der Waals surface area contributed by atoms with E-state index in [1.54, 1.807) is 0 Å². The van der Waals surface area contributed by atoms with Crippen molar-refractivity contribution in [2.45, 2.75) is 27.3 Å². The van der Waals surface area contributed by atoms with E-state index >= 15 is 0 Å². The van der Waals surface area contributed by atoms with Crippen molar-refractivity contribution < 1.29 is 0 Å². The number of anilines is 1. The van der Waals surface area contributed by atoms with Gasteiger partial charge in [-0.05, 0) is 30.5 Å². The van der Waals surface area contributed by atoms with Gasteiger partial charge in [0, 0.05) is 19.6 Å². The maximum absolute atomic E-state index is 6.27. The fraction of sp³-hybridized carbons (Fsp3) is 0.538. The summed E-state index contributed by atoms with van der Waals surface area (Å²) in [5, 5.41) is 0.797. The van der Waals surface area contributed by atoms with Crippen LogP contribution >= 0.6 is 11.6 Å². The summed E-state index contributed by atoms with van der Waals surface area (Å²) in [6, 6.07) is 6.07. The summed E-state index contributed by atoms with van der Waals surface area (Å²) in [6.45, 7) is 9.11. The third-order valence-corrected chi connectivity index (χ3v) is 2.86. The van der Waals surface area contributed by atoms with Crippen molar-refractivity contribution >= 4 is 17.3 Å². The van der Waals surface area contributed by atoms with Gasteiger partial charge < -0.3 is 10.6 Å². The monoisotopic (exact) mass is 240 g/mol. The summed E-state index contributed by atoms with van der Waals surface area (Å²) in [6.07, 6.45) is 0. The van der Waals surface area contributed by atoms with Gasteiger partial charge in [-0.15, -0.1) is 0 Å². The lowest BCUT2D eigenvalue weighted by molar-refractivity contribution is 0.619. The molecule has 0 radical (unpaired) electrons. The summed E-state index contributed by atoms with van der Waals surface area (Å²) in [5.74, 6) is 0.630. The van der Waals surface area contributed by atoms with Crippen LogP contribution in [0.15, 0.2) is 18.2 Å². The van der Waals surface area contributed by atoms with Gasteiger partial charge in [-0.2, -0.15) is 0 Å². The minimum Gasteiger partial charge on any atom is -0.370 e. The maximum atomic E-state index is 6.27. The second-order valence-electron chi connectivity index (χ2n) is 4.42. The predicted octanol–water partition coefficient (Wildman–Crippen LogP) is 3.28. The highest BCUT2D eigenvalue weighted by molar-refractivity contribution is 6.33. The Balaban J connectivity index is 2.92. The number of hydrogen-bond donors (Lipinski definition) is 1. The molecule has 0 bridgehead atoms. The van der Waals surface area contributed by atoms with Crippen molar-refractivity contribution in [3.8, 4) is 0 Å². The smallest absolute Gasteiger partial charge is 0.0642 e. The number of benzene rings is 1. The Kier molecular flexibility index (Phi) is 5.10. The highest BCUT2D eigenvalue weighted by Gasteiger charge is 2.10. The quantitative estimate of drug-likeness (QED) is 0.856. The van der Waals surface area contributed by atoms with Gasteiger partial charge in [0.25, 0.3) is 0 Å². The molecule has 0 heterocycles. The molecule has 0 unspecified atom stereocenters. The van der Waals surface area contributed by atoms with E-state index in [4.69, 9.17) is 17.3 Å². The minimum atomic E-state index is 0.538. The van der Waals surface area contributed by atoms with Crippen LogP contribution in [-0.2, 0) is 6.54 Å². The Morgan fingerprint density at radius 1 is 1.38 bits per heavy atom. The summed E-state index contributed by atoms with van der Waals surface area (Å²) in [5.41, 5.74) is 7.77. The number of nitrogens with two attached hydrogens (primary N) is 1. The lowest BCUT2D eigenvalue weighted by Gasteiger charge is -2.26. The maximum Gasteiger partial charge on any atom is 0.0642 e. The molecule has 90 valence electrons. The molecule has 0 atom stereocenters. The van der Waals surface area contributed by atoms with E-state index < -0.39 is 0 Å². The standard InChI is InChI=1S/C13H21ClN2/c1-4-16(9-10(2)3)13-6-5-11(8-15)7-12(13)14/h5-7,10H,4,8-9,15H2,1-3H3. The Bertz CT molecular complexity index is 337. The molecular formula is C13H21ClN2. The zero-order valence-electron chi connectivity index (χ0n) is 10.3. The molecular weight excluding hydrogens is 220 g/mol. The van der Waals surface area contributed by atoms with Gasteiger partial charge in [0.2, 0.25) is 0 Å². The Morgan fingerprint density at radius 3 is 2.50 bits per heavy atom. The molecule has 1 rings (SSSR count). The Morgan fingerprint density at radius 2 is 2.06 bits per heavy atom. The molecule has 0 fully saturated rings. The van der Waals surface area contributed by atoms with Crippen molar-refractivity contribution in [1.29, 1.82) is 0 Å². The largest absolute Gasteiger partial charge is 0.370 e. The van der Waals surface area contributed by atoms with Crippen molar-refractivity contribution in [1.82, 2.24) is 0 Å². The van der Waals surface area contributed by atoms with Crippen LogP contribution < -0.4 is 10.6 Å². The van der Waals surface area contributed by atoms with Crippen LogP contribution in [0, 0.1) is 5.92 Å². The van der Waals surface area contributed by atoms with Gasteiger partial charge in [0.05, 0.1) is 10.7 Å². The van der Waals surface area contributed by atoms with Gasteiger partial charge in [-0.1, -0.05) is 31.5 Å². The highest BCUT2D eigenvalue weighted by atomic mass is 35.5. The molecule has 1 aromatic rings. The molecule has 3 heteroatoms. The molecule has 16 heavy (non-hydrogen) atoms. The molecule has 2 N–H and O–H groups in total. The molecule has 0 saturated carbocycles. The van der Waals surface area contributed by atoms with E-state index in [2.05, 4.69) is 31.7 Å². The number of nitrogens with zero attached hydrogens (tertiary/aromatic N) is 1. The first-order valence-corrected chi connectivity index (χ1v) is 6.19. The van der Waals surface area contributed by atoms with E-state index in [0.717, 1.165) is 29.4 Å². The van der Waals surface area contributed by atoms with Gasteiger partial charge in [0.15, 0.2) is 0 Å². The molecule has 0 spiro atoms. The van der Waals surface area contributed by atoms with E-state index in [9.17, 15) is 0 Å². The third-order valence-electron chi connectivity index (χ3n) is 2.56. The van der Waals surface area contributed by atoms with Crippen molar-refractivity contribution in [2.75, 3.05) is 18.0 Å². The second kappa shape index (κ2) is 6.12. The summed E-state index contributed by atoms with van der Waals surface area (Å²) in [7, 11) is 0. The topological polar surface area (TPSA) is 29.3 Å². The third kappa shape index (κ3) is 3.39. The lowest BCUT2D eigenvalue weighted by atomic mass is 10.1. The van der Waals surface area contributed by atoms with Gasteiger partial charge in [-0.3, -0.25) is 0 Å². The summed E-state index contributed by atoms with van der Waals surface area (Å²) < 4.78 is 0. The first-order chi connectivity index (χ1) is 7.58. The molecule has 1 aromatic carbocycles. The molecule has 0 aromatic heterocycles. The SMILES string of the molecule is CCN(CC(C)C)c1ccc(CN)cc1Cl. The predicted molar refractivity (Wildman–Crippen MR) is 72.1 cm³/mol. The van der Waals surface area contributed by atoms with Crippen molar-refractivity contribution in [3.05, 3.63) is 28.8 Å². The average Bonchev–Trinajstić information content (AvgIpc) is 2.25. The molecule has 0 aliphatic carbocycles. The molecule has 0 amide bonds. The second-order valence-corrected chi connectivity index (χ2v) is 4.83. The Labute approximate surface area is 103 Å². The normalized spacial score (nSPS) is 10.9. The fourth-order valence-corrected chi connectivity index (χ4v) is 2.10. The number of halogens is 1. The molecule has 0 aliphatic rings. The Hall–Kier alpha value is -0.730. The van der Waals surface area contributed by atoms with Crippen molar-refractivity contribution in [3.63, 3.8) is 0 Å². The number of rotatable bonds is 5. The van der Waals surface area contributed by atoms with Crippen molar-refractivity contribution in [2.24, 2.45) is 11.7 Å². The molecule has 2 nitrogen and oxygen atoms in total. The van der Waals surface area contributed by atoms with Crippen LogP contribution in [0.2, 0.25) is 5.02 Å².